The predicted octanol–water partition coefficient (Wildman–Crippen LogP) is 5.17. The number of hydrogen-bond acceptors (Lipinski definition) is 4. The number of amides is 1. The Morgan fingerprint density at radius 3 is 2.85 bits per heavy atom. The molecule has 1 heterocycles. The summed E-state index contributed by atoms with van der Waals surface area (Å²) in [7, 11) is 1.67. The van der Waals surface area contributed by atoms with Crippen LogP contribution in [0.3, 0.4) is 0 Å². The van der Waals surface area contributed by atoms with Gasteiger partial charge < -0.3 is 10.1 Å². The van der Waals surface area contributed by atoms with Gasteiger partial charge in [-0.25, -0.2) is 4.98 Å². The Morgan fingerprint density at radius 1 is 1.26 bits per heavy atom. The first-order valence-corrected chi connectivity index (χ1v) is 10.2. The highest BCUT2D eigenvalue weighted by Crippen LogP contribution is 2.33. The Balaban J connectivity index is 1.51. The van der Waals surface area contributed by atoms with Gasteiger partial charge in [0.25, 0.3) is 0 Å². The van der Waals surface area contributed by atoms with Crippen LogP contribution in [0.2, 0.25) is 0 Å². The largest absolute Gasteiger partial charge is 0.497 e. The van der Waals surface area contributed by atoms with Gasteiger partial charge in [0.2, 0.25) is 5.91 Å². The summed E-state index contributed by atoms with van der Waals surface area (Å²) in [5, 5.41) is 5.97. The van der Waals surface area contributed by atoms with Crippen molar-refractivity contribution in [2.24, 2.45) is 5.92 Å². The molecule has 0 spiro atoms. The molecule has 1 aliphatic rings. The van der Waals surface area contributed by atoms with Crippen LogP contribution in [0, 0.1) is 5.92 Å². The number of benzene rings is 2. The van der Waals surface area contributed by atoms with Crippen LogP contribution in [-0.2, 0) is 17.6 Å². The lowest BCUT2D eigenvalue weighted by Gasteiger charge is -2.15. The van der Waals surface area contributed by atoms with Crippen LogP contribution in [0.5, 0.6) is 5.75 Å². The highest BCUT2D eigenvalue weighted by atomic mass is 32.1. The van der Waals surface area contributed by atoms with E-state index in [2.05, 4.69) is 23.3 Å². The van der Waals surface area contributed by atoms with Gasteiger partial charge in [-0.2, -0.15) is 0 Å². The van der Waals surface area contributed by atoms with E-state index in [-0.39, 0.29) is 11.8 Å². The number of nitrogens with one attached hydrogen (secondary N) is 1. The van der Waals surface area contributed by atoms with E-state index in [0.717, 1.165) is 40.1 Å². The number of carbonyl (C=O) groups is 1. The van der Waals surface area contributed by atoms with E-state index in [9.17, 15) is 4.79 Å². The molecule has 5 heteroatoms. The quantitative estimate of drug-likeness (QED) is 0.679. The second-order valence-corrected chi connectivity index (χ2v) is 8.50. The van der Waals surface area contributed by atoms with Crippen molar-refractivity contribution in [1.82, 2.24) is 4.98 Å². The molecule has 1 aromatic heterocycles. The number of rotatable bonds is 4. The summed E-state index contributed by atoms with van der Waals surface area (Å²) < 4.78 is 5.28. The van der Waals surface area contributed by atoms with E-state index in [1.54, 1.807) is 18.4 Å². The molecular formula is C22H24N2O2S. The van der Waals surface area contributed by atoms with Crippen molar-refractivity contribution in [3.05, 3.63) is 52.5 Å². The van der Waals surface area contributed by atoms with E-state index in [1.807, 2.05) is 37.3 Å². The van der Waals surface area contributed by atoms with Gasteiger partial charge in [-0.1, -0.05) is 31.2 Å². The molecule has 0 saturated heterocycles. The first kappa shape index (κ1) is 18.0. The second kappa shape index (κ2) is 7.31. The SMILES string of the molecule is COc1ccc2cc([C@H](C)C(=O)Nc3nc4c(s3)CC(C)CC4)ccc2c1. The molecular weight excluding hydrogens is 356 g/mol. The summed E-state index contributed by atoms with van der Waals surface area (Å²) in [6.45, 7) is 4.22. The number of fused-ring (bicyclic) bond motifs is 2. The molecule has 0 bridgehead atoms. The summed E-state index contributed by atoms with van der Waals surface area (Å²) in [6.07, 6.45) is 3.28. The minimum atomic E-state index is -0.239. The maximum Gasteiger partial charge on any atom is 0.233 e. The number of methoxy groups -OCH3 is 1. The molecule has 2 atom stereocenters. The summed E-state index contributed by atoms with van der Waals surface area (Å²) in [4.78, 5) is 18.7. The van der Waals surface area contributed by atoms with E-state index >= 15 is 0 Å². The summed E-state index contributed by atoms with van der Waals surface area (Å²) in [5.74, 6) is 1.29. The maximum atomic E-state index is 12.8. The van der Waals surface area contributed by atoms with Crippen LogP contribution in [0.1, 0.15) is 42.3 Å². The number of aromatic nitrogens is 1. The second-order valence-electron chi connectivity index (χ2n) is 7.42. The first-order chi connectivity index (χ1) is 13.0. The van der Waals surface area contributed by atoms with Crippen LogP contribution in [0.4, 0.5) is 5.13 Å². The number of nitrogens with zero attached hydrogens (tertiary/aromatic N) is 1. The van der Waals surface area contributed by atoms with E-state index in [1.165, 1.54) is 17.0 Å². The van der Waals surface area contributed by atoms with Gasteiger partial charge in [-0.05, 0) is 60.6 Å². The number of anilines is 1. The minimum absolute atomic E-state index is 0.0120. The Bertz CT molecular complexity index is 995. The molecule has 3 aromatic rings. The number of hydrogen-bond donors (Lipinski definition) is 1. The molecule has 1 amide bonds. The lowest BCUT2D eigenvalue weighted by Crippen LogP contribution is -2.18. The van der Waals surface area contributed by atoms with Gasteiger partial charge in [0, 0.05) is 4.88 Å². The highest BCUT2D eigenvalue weighted by molar-refractivity contribution is 7.15. The molecule has 1 unspecified atom stereocenters. The smallest absolute Gasteiger partial charge is 0.233 e. The molecule has 27 heavy (non-hydrogen) atoms. The fourth-order valence-corrected chi connectivity index (χ4v) is 4.77. The highest BCUT2D eigenvalue weighted by Gasteiger charge is 2.22. The third-order valence-corrected chi connectivity index (χ3v) is 6.42. The van der Waals surface area contributed by atoms with Crippen LogP contribution in [0.25, 0.3) is 10.8 Å². The van der Waals surface area contributed by atoms with Gasteiger partial charge in [0.15, 0.2) is 5.13 Å². The molecule has 2 aromatic carbocycles. The van der Waals surface area contributed by atoms with E-state index < -0.39 is 0 Å². The molecule has 4 nitrogen and oxygen atoms in total. The van der Waals surface area contributed by atoms with Crippen molar-refractivity contribution in [3.8, 4) is 5.75 Å². The lowest BCUT2D eigenvalue weighted by atomic mass is 9.93. The van der Waals surface area contributed by atoms with Gasteiger partial charge >= 0.3 is 0 Å². The van der Waals surface area contributed by atoms with E-state index in [4.69, 9.17) is 4.74 Å². The number of aryl methyl sites for hydroxylation is 1. The summed E-state index contributed by atoms with van der Waals surface area (Å²) in [5.41, 5.74) is 2.17. The van der Waals surface area contributed by atoms with Crippen molar-refractivity contribution in [2.45, 2.75) is 39.0 Å². The third kappa shape index (κ3) is 3.69. The minimum Gasteiger partial charge on any atom is -0.497 e. The number of carbonyl (C=O) groups excluding carboxylic acids is 1. The standard InChI is InChI=1S/C22H24N2O2S/c1-13-4-9-19-20(10-13)27-22(23-19)24-21(25)14(2)15-5-6-17-12-18(26-3)8-7-16(17)11-15/h5-8,11-14H,4,9-10H2,1-3H3,(H,23,24,25)/t13?,14-/m0/s1. The average Bonchev–Trinajstić information content (AvgIpc) is 3.07. The lowest BCUT2D eigenvalue weighted by molar-refractivity contribution is -0.117. The first-order valence-electron chi connectivity index (χ1n) is 9.40. The molecule has 0 radical (unpaired) electrons. The average molecular weight is 381 g/mol. The van der Waals surface area contributed by atoms with Crippen molar-refractivity contribution in [2.75, 3.05) is 12.4 Å². The fourth-order valence-electron chi connectivity index (χ4n) is 3.60. The van der Waals surface area contributed by atoms with E-state index in [0.29, 0.717) is 5.92 Å². The normalized spacial score (nSPS) is 17.4. The van der Waals surface area contributed by atoms with Crippen LogP contribution in [-0.4, -0.2) is 18.0 Å². The van der Waals surface area contributed by atoms with Crippen molar-refractivity contribution >= 4 is 33.1 Å². The molecule has 1 aliphatic carbocycles. The molecule has 0 saturated carbocycles. The monoisotopic (exact) mass is 380 g/mol. The third-order valence-electron chi connectivity index (χ3n) is 5.38. The van der Waals surface area contributed by atoms with Crippen LogP contribution >= 0.6 is 11.3 Å². The maximum absolute atomic E-state index is 12.8. The summed E-state index contributed by atoms with van der Waals surface area (Å²) in [6, 6.07) is 12.1. The molecule has 140 valence electrons. The van der Waals surface area contributed by atoms with Crippen molar-refractivity contribution in [3.63, 3.8) is 0 Å². The van der Waals surface area contributed by atoms with Crippen molar-refractivity contribution < 1.29 is 9.53 Å². The predicted molar refractivity (Wildman–Crippen MR) is 111 cm³/mol. The van der Waals surface area contributed by atoms with Gasteiger partial charge in [-0.3, -0.25) is 4.79 Å². The Labute approximate surface area is 163 Å². The zero-order chi connectivity index (χ0) is 19.0. The number of thiazole rings is 1. The Morgan fingerprint density at radius 2 is 2.04 bits per heavy atom. The topological polar surface area (TPSA) is 51.2 Å². The molecule has 0 fully saturated rings. The number of ether oxygens (including phenoxy) is 1. The van der Waals surface area contributed by atoms with Crippen molar-refractivity contribution in [1.29, 1.82) is 0 Å². The molecule has 1 N–H and O–H groups in total. The molecule has 4 rings (SSSR count). The zero-order valence-electron chi connectivity index (χ0n) is 15.9. The molecule has 0 aliphatic heterocycles. The van der Waals surface area contributed by atoms with Crippen LogP contribution < -0.4 is 10.1 Å². The van der Waals surface area contributed by atoms with Gasteiger partial charge in [-0.15, -0.1) is 11.3 Å². The van der Waals surface area contributed by atoms with Gasteiger partial charge in [0.1, 0.15) is 5.75 Å². The Hall–Kier alpha value is -2.40. The van der Waals surface area contributed by atoms with Gasteiger partial charge in [0.05, 0.1) is 18.7 Å². The fraction of sp³-hybridized carbons (Fsp3) is 0.364. The zero-order valence-corrected chi connectivity index (χ0v) is 16.7. The Kier molecular flexibility index (Phi) is 4.87. The summed E-state index contributed by atoms with van der Waals surface area (Å²) >= 11 is 1.63. The van der Waals surface area contributed by atoms with Crippen LogP contribution in [0.15, 0.2) is 36.4 Å².